The number of benzene rings is 8. The van der Waals surface area contributed by atoms with Crippen molar-refractivity contribution < 1.29 is 0 Å². The predicted octanol–water partition coefficient (Wildman–Crippen LogP) is 13.6. The Morgan fingerprint density at radius 3 is 1.69 bits per heavy atom. The molecular weight excluding hydrogens is 687 g/mol. The Morgan fingerprint density at radius 1 is 0.436 bits per heavy atom. The van der Waals surface area contributed by atoms with Crippen LogP contribution in [0.2, 0.25) is 0 Å². The summed E-state index contributed by atoms with van der Waals surface area (Å²) in [4.78, 5) is 15.3. The SMILES string of the molecule is C1=CC(c2ccc(-c3cc(-c4nc(-c5ccccc5)nc(-c5ccccc5)n4)c4c(c3)sc3ccccc34)cc2)Cc2c1c1ccccc1c1ccccc21. The van der Waals surface area contributed by atoms with E-state index >= 15 is 0 Å². The third kappa shape index (κ3) is 5.45. The van der Waals surface area contributed by atoms with Crippen LogP contribution in [0.15, 0.2) is 176 Å². The molecule has 0 saturated heterocycles. The van der Waals surface area contributed by atoms with Crippen molar-refractivity contribution in [2.45, 2.75) is 12.3 Å². The summed E-state index contributed by atoms with van der Waals surface area (Å²) in [6.45, 7) is 0. The maximum absolute atomic E-state index is 5.18. The minimum Gasteiger partial charge on any atom is -0.208 e. The number of hydrogen-bond acceptors (Lipinski definition) is 4. The van der Waals surface area contributed by atoms with Gasteiger partial charge in [-0.1, -0.05) is 164 Å². The average Bonchev–Trinajstić information content (AvgIpc) is 3.65. The molecule has 4 heteroatoms. The van der Waals surface area contributed by atoms with Crippen LogP contribution in [0.5, 0.6) is 0 Å². The predicted molar refractivity (Wildman–Crippen MR) is 231 cm³/mol. The molecule has 11 rings (SSSR count). The Hall–Kier alpha value is -6.75. The van der Waals surface area contributed by atoms with Gasteiger partial charge in [-0.2, -0.15) is 0 Å². The summed E-state index contributed by atoms with van der Waals surface area (Å²) in [7, 11) is 0. The standard InChI is InChI=1S/C51H33N3S/c1-3-13-34(14-4-1)49-52-50(35-15-5-2-6-16-35)54-51(53-49)45-30-37(31-47-48(45)43-21-11-12-22-46(43)55-47)33-25-23-32(24-26-33)36-27-28-42-40-19-8-7-17-38(40)39-18-9-10-20-41(39)44(42)29-36/h1-28,30-31,36H,29H2. The van der Waals surface area contributed by atoms with E-state index in [1.54, 1.807) is 0 Å². The van der Waals surface area contributed by atoms with Gasteiger partial charge < -0.3 is 0 Å². The Labute approximate surface area is 323 Å². The van der Waals surface area contributed by atoms with E-state index < -0.39 is 0 Å². The molecule has 8 aromatic carbocycles. The second kappa shape index (κ2) is 13.0. The highest BCUT2D eigenvalue weighted by Gasteiger charge is 2.22. The van der Waals surface area contributed by atoms with E-state index in [0.717, 1.165) is 28.7 Å². The lowest BCUT2D eigenvalue weighted by Gasteiger charge is -2.24. The van der Waals surface area contributed by atoms with Crippen LogP contribution in [-0.2, 0) is 6.42 Å². The van der Waals surface area contributed by atoms with Crippen LogP contribution in [0.1, 0.15) is 22.6 Å². The molecule has 0 bridgehead atoms. The number of thiophene rings is 1. The first-order valence-electron chi connectivity index (χ1n) is 18.8. The van der Waals surface area contributed by atoms with Crippen molar-refractivity contribution in [1.29, 1.82) is 0 Å². The van der Waals surface area contributed by atoms with Gasteiger partial charge in [-0.15, -0.1) is 11.3 Å². The van der Waals surface area contributed by atoms with E-state index in [1.807, 2.05) is 47.7 Å². The molecule has 258 valence electrons. The Bertz CT molecular complexity index is 3050. The molecule has 2 heterocycles. The van der Waals surface area contributed by atoms with E-state index in [1.165, 1.54) is 64.0 Å². The number of allylic oxidation sites excluding steroid dienone is 1. The van der Waals surface area contributed by atoms with E-state index in [0.29, 0.717) is 23.4 Å². The summed E-state index contributed by atoms with van der Waals surface area (Å²) in [5, 5.41) is 7.74. The lowest BCUT2D eigenvalue weighted by molar-refractivity contribution is 0.834. The van der Waals surface area contributed by atoms with Crippen LogP contribution in [0, 0.1) is 0 Å². The molecule has 55 heavy (non-hydrogen) atoms. The number of nitrogens with zero attached hydrogens (tertiary/aromatic N) is 3. The molecule has 0 amide bonds. The Morgan fingerprint density at radius 2 is 1.00 bits per heavy atom. The molecule has 0 radical (unpaired) electrons. The zero-order valence-electron chi connectivity index (χ0n) is 29.9. The first kappa shape index (κ1) is 31.7. The van der Waals surface area contributed by atoms with Crippen LogP contribution in [0.3, 0.4) is 0 Å². The molecule has 1 aliphatic rings. The second-order valence-corrected chi connectivity index (χ2v) is 15.4. The number of aromatic nitrogens is 3. The summed E-state index contributed by atoms with van der Waals surface area (Å²) in [6.07, 6.45) is 5.73. The molecule has 10 aromatic rings. The minimum absolute atomic E-state index is 0.296. The number of fused-ring (bicyclic) bond motifs is 9. The van der Waals surface area contributed by atoms with Gasteiger partial charge in [0.25, 0.3) is 0 Å². The van der Waals surface area contributed by atoms with Gasteiger partial charge in [-0.05, 0) is 74.0 Å². The van der Waals surface area contributed by atoms with Gasteiger partial charge in [-0.25, -0.2) is 15.0 Å². The van der Waals surface area contributed by atoms with Gasteiger partial charge in [0.15, 0.2) is 17.5 Å². The first-order chi connectivity index (χ1) is 27.2. The highest BCUT2D eigenvalue weighted by molar-refractivity contribution is 7.26. The van der Waals surface area contributed by atoms with E-state index in [-0.39, 0.29) is 0 Å². The van der Waals surface area contributed by atoms with Crippen LogP contribution in [-0.4, -0.2) is 15.0 Å². The highest BCUT2D eigenvalue weighted by Crippen LogP contribution is 2.44. The van der Waals surface area contributed by atoms with E-state index in [2.05, 4.69) is 146 Å². The van der Waals surface area contributed by atoms with Gasteiger partial charge in [0.05, 0.1) is 0 Å². The molecular formula is C51H33N3S. The molecule has 3 nitrogen and oxygen atoms in total. The molecule has 1 aliphatic carbocycles. The van der Waals surface area contributed by atoms with Crippen molar-refractivity contribution in [2.75, 3.05) is 0 Å². The smallest absolute Gasteiger partial charge is 0.164 e. The molecule has 0 fully saturated rings. The van der Waals surface area contributed by atoms with Crippen LogP contribution in [0.4, 0.5) is 0 Å². The molecule has 0 N–H and O–H groups in total. The molecule has 0 aliphatic heterocycles. The lowest BCUT2D eigenvalue weighted by atomic mass is 9.80. The van der Waals surface area contributed by atoms with Crippen molar-refractivity contribution in [3.63, 3.8) is 0 Å². The maximum atomic E-state index is 5.18. The quantitative estimate of drug-likeness (QED) is 0.166. The van der Waals surface area contributed by atoms with Gasteiger partial charge in [0, 0.05) is 42.8 Å². The van der Waals surface area contributed by atoms with Crippen molar-refractivity contribution in [3.05, 3.63) is 193 Å². The fourth-order valence-electron chi connectivity index (χ4n) is 8.43. The number of hydrogen-bond donors (Lipinski definition) is 0. The first-order valence-corrected chi connectivity index (χ1v) is 19.6. The summed E-state index contributed by atoms with van der Waals surface area (Å²) in [5.74, 6) is 2.29. The summed E-state index contributed by atoms with van der Waals surface area (Å²) in [5.41, 5.74) is 9.36. The largest absolute Gasteiger partial charge is 0.208 e. The summed E-state index contributed by atoms with van der Waals surface area (Å²) >= 11 is 1.82. The van der Waals surface area contributed by atoms with E-state index in [4.69, 9.17) is 15.0 Å². The monoisotopic (exact) mass is 719 g/mol. The zero-order valence-corrected chi connectivity index (χ0v) is 30.7. The van der Waals surface area contributed by atoms with Crippen LogP contribution >= 0.6 is 11.3 Å². The average molecular weight is 720 g/mol. The van der Waals surface area contributed by atoms with Gasteiger partial charge >= 0.3 is 0 Å². The minimum atomic E-state index is 0.296. The Kier molecular flexibility index (Phi) is 7.49. The molecule has 1 atom stereocenters. The van der Waals surface area contributed by atoms with E-state index in [9.17, 15) is 0 Å². The third-order valence-corrected chi connectivity index (χ3v) is 12.2. The van der Waals surface area contributed by atoms with Crippen molar-refractivity contribution in [2.24, 2.45) is 0 Å². The van der Waals surface area contributed by atoms with Crippen LogP contribution in [0.25, 0.3) is 93.1 Å². The molecule has 0 spiro atoms. The lowest BCUT2D eigenvalue weighted by Crippen LogP contribution is -2.07. The van der Waals surface area contributed by atoms with Gasteiger partial charge in [-0.3, -0.25) is 0 Å². The molecule has 0 saturated carbocycles. The van der Waals surface area contributed by atoms with Crippen molar-refractivity contribution in [1.82, 2.24) is 15.0 Å². The normalized spacial score (nSPS) is 13.9. The third-order valence-electron chi connectivity index (χ3n) is 11.1. The van der Waals surface area contributed by atoms with Gasteiger partial charge in [0.2, 0.25) is 0 Å². The van der Waals surface area contributed by atoms with Crippen molar-refractivity contribution in [3.8, 4) is 45.3 Å². The molecule has 1 unspecified atom stereocenters. The number of rotatable bonds is 5. The highest BCUT2D eigenvalue weighted by atomic mass is 32.1. The fourth-order valence-corrected chi connectivity index (χ4v) is 9.60. The topological polar surface area (TPSA) is 38.7 Å². The van der Waals surface area contributed by atoms with Crippen molar-refractivity contribution >= 4 is 59.1 Å². The second-order valence-electron chi connectivity index (χ2n) is 14.3. The Balaban J connectivity index is 1.03. The summed E-state index contributed by atoms with van der Waals surface area (Å²) < 4.78 is 2.46. The maximum Gasteiger partial charge on any atom is 0.164 e. The van der Waals surface area contributed by atoms with Gasteiger partial charge in [0.1, 0.15) is 0 Å². The molecule has 2 aromatic heterocycles. The van der Waals surface area contributed by atoms with Crippen LogP contribution < -0.4 is 0 Å². The summed E-state index contributed by atoms with van der Waals surface area (Å²) in [6, 6.07) is 60.6. The zero-order chi connectivity index (χ0) is 36.3. The fraction of sp³-hybridized carbons (Fsp3) is 0.0392.